The van der Waals surface area contributed by atoms with Crippen molar-refractivity contribution < 1.29 is 36.6 Å². The Labute approximate surface area is 163 Å². The van der Waals surface area contributed by atoms with Crippen molar-refractivity contribution in [2.45, 2.75) is 24.7 Å². The molecule has 0 amide bonds. The first-order valence-corrected chi connectivity index (χ1v) is 7.86. The second-order valence-electron chi connectivity index (χ2n) is 5.93. The Hall–Kier alpha value is -3.38. The minimum atomic E-state index is -4.81. The Morgan fingerprint density at radius 2 is 1.40 bits per heavy atom. The van der Waals surface area contributed by atoms with E-state index in [1.165, 1.54) is 0 Å². The van der Waals surface area contributed by atoms with E-state index in [9.17, 15) is 41.8 Å². The highest BCUT2D eigenvalue weighted by Crippen LogP contribution is 2.35. The molecule has 0 saturated carbocycles. The van der Waals surface area contributed by atoms with Gasteiger partial charge in [-0.3, -0.25) is 0 Å². The first-order valence-electron chi connectivity index (χ1n) is 7.86. The minimum Gasteiger partial charge on any atom is -0.387 e. The van der Waals surface area contributed by atoms with Crippen molar-refractivity contribution in [1.82, 2.24) is 19.9 Å². The molecule has 0 aromatic carbocycles. The summed E-state index contributed by atoms with van der Waals surface area (Å²) in [6.45, 7) is 0. The molecule has 0 saturated heterocycles. The van der Waals surface area contributed by atoms with E-state index in [0.717, 1.165) is 0 Å². The van der Waals surface area contributed by atoms with Crippen molar-refractivity contribution in [3.8, 4) is 6.07 Å². The first-order chi connectivity index (χ1) is 13.9. The van der Waals surface area contributed by atoms with E-state index in [1.807, 2.05) is 0 Å². The number of aliphatic hydroxyl groups excluding tert-OH is 2. The third-order valence-electron chi connectivity index (χ3n) is 3.98. The fraction of sp³-hybridized carbons (Fsp3) is 0.333. The number of nitriles is 1. The van der Waals surface area contributed by atoms with Gasteiger partial charge in [-0.05, 0) is 0 Å². The molecule has 3 atom stereocenters. The molecular formula is C15H9F6N7O2. The summed E-state index contributed by atoms with van der Waals surface area (Å²) >= 11 is 0. The SMILES string of the molecule is N#CC1=NN(c2cnc(C(F)(F)F)nc2)C(O)C1C(O)c1cnc(C(F)(F)F)nc1. The smallest absolute Gasteiger partial charge is 0.387 e. The molecule has 0 spiro atoms. The maximum absolute atomic E-state index is 12.6. The normalized spacial score (nSPS) is 20.6. The number of halogens is 6. The average molecular weight is 433 g/mol. The van der Waals surface area contributed by atoms with Gasteiger partial charge in [-0.15, -0.1) is 0 Å². The summed E-state index contributed by atoms with van der Waals surface area (Å²) in [5.41, 5.74) is -0.906. The molecule has 15 heteroatoms. The Morgan fingerprint density at radius 1 is 0.933 bits per heavy atom. The molecule has 3 heterocycles. The molecule has 0 bridgehead atoms. The van der Waals surface area contributed by atoms with Crippen LogP contribution in [0.5, 0.6) is 0 Å². The molecule has 158 valence electrons. The maximum atomic E-state index is 12.6. The van der Waals surface area contributed by atoms with Gasteiger partial charge in [0.25, 0.3) is 0 Å². The number of aromatic nitrogens is 4. The van der Waals surface area contributed by atoms with E-state index in [0.29, 0.717) is 29.8 Å². The van der Waals surface area contributed by atoms with Gasteiger partial charge in [-0.1, -0.05) is 0 Å². The van der Waals surface area contributed by atoms with Gasteiger partial charge in [0.1, 0.15) is 11.8 Å². The lowest BCUT2D eigenvalue weighted by atomic mass is 9.92. The lowest BCUT2D eigenvalue weighted by molar-refractivity contribution is -0.145. The van der Waals surface area contributed by atoms with E-state index in [-0.39, 0.29) is 11.3 Å². The standard InChI is InChI=1S/C15H9F6N7O2/c16-14(17,18)12-23-2-6(3-24-12)10(29)9-8(1-22)27-28(11(9)30)7-4-25-13(26-5-7)15(19,20)21/h2-5,9-11,29-30H. The maximum Gasteiger partial charge on any atom is 0.451 e. The van der Waals surface area contributed by atoms with Crippen molar-refractivity contribution >= 4 is 11.4 Å². The van der Waals surface area contributed by atoms with E-state index in [4.69, 9.17) is 0 Å². The lowest BCUT2D eigenvalue weighted by Gasteiger charge is -2.25. The summed E-state index contributed by atoms with van der Waals surface area (Å²) in [7, 11) is 0. The molecule has 2 aromatic rings. The number of alkyl halides is 6. The second-order valence-corrected chi connectivity index (χ2v) is 5.93. The largest absolute Gasteiger partial charge is 0.451 e. The minimum absolute atomic E-state index is 0.221. The van der Waals surface area contributed by atoms with Gasteiger partial charge in [0.05, 0.1) is 30.1 Å². The van der Waals surface area contributed by atoms with Crippen LogP contribution < -0.4 is 5.01 Å². The average Bonchev–Trinajstić information content (AvgIpc) is 3.02. The van der Waals surface area contributed by atoms with Gasteiger partial charge < -0.3 is 10.2 Å². The molecule has 1 aliphatic rings. The first kappa shape index (κ1) is 21.3. The van der Waals surface area contributed by atoms with Crippen molar-refractivity contribution in [3.05, 3.63) is 42.0 Å². The quantitative estimate of drug-likeness (QED) is 0.699. The highest BCUT2D eigenvalue weighted by Gasteiger charge is 2.43. The topological polar surface area (TPSA) is 131 Å². The van der Waals surface area contributed by atoms with E-state index in [1.54, 1.807) is 6.07 Å². The summed E-state index contributed by atoms with van der Waals surface area (Å²) in [6.07, 6.45) is -10.4. The zero-order valence-electron chi connectivity index (χ0n) is 14.3. The Morgan fingerprint density at radius 3 is 1.83 bits per heavy atom. The van der Waals surface area contributed by atoms with Gasteiger partial charge >= 0.3 is 12.4 Å². The molecule has 30 heavy (non-hydrogen) atoms. The zero-order valence-corrected chi connectivity index (χ0v) is 14.3. The summed E-state index contributed by atoms with van der Waals surface area (Å²) in [5, 5.41) is 34.6. The highest BCUT2D eigenvalue weighted by atomic mass is 19.4. The van der Waals surface area contributed by atoms with Crippen LogP contribution in [-0.2, 0) is 12.4 Å². The monoisotopic (exact) mass is 433 g/mol. The van der Waals surface area contributed by atoms with Crippen molar-refractivity contribution in [3.63, 3.8) is 0 Å². The highest BCUT2D eigenvalue weighted by molar-refractivity contribution is 6.03. The number of hydrazone groups is 1. The predicted octanol–water partition coefficient (Wildman–Crippen LogP) is 1.67. The van der Waals surface area contributed by atoms with Crippen LogP contribution in [-0.4, -0.2) is 42.1 Å². The molecule has 0 radical (unpaired) electrons. The number of aliphatic hydroxyl groups is 2. The molecule has 3 unspecified atom stereocenters. The van der Waals surface area contributed by atoms with E-state index >= 15 is 0 Å². The molecule has 0 fully saturated rings. The number of rotatable bonds is 3. The van der Waals surface area contributed by atoms with Crippen LogP contribution in [0, 0.1) is 17.2 Å². The van der Waals surface area contributed by atoms with Gasteiger partial charge in [-0.25, -0.2) is 24.9 Å². The molecule has 2 N–H and O–H groups in total. The number of hydrogen-bond acceptors (Lipinski definition) is 9. The van der Waals surface area contributed by atoms with Crippen LogP contribution in [0.3, 0.4) is 0 Å². The number of nitrogens with zero attached hydrogens (tertiary/aromatic N) is 7. The van der Waals surface area contributed by atoms with E-state index in [2.05, 4.69) is 25.0 Å². The third-order valence-corrected chi connectivity index (χ3v) is 3.98. The summed E-state index contributed by atoms with van der Waals surface area (Å²) in [5.74, 6) is -4.36. The van der Waals surface area contributed by atoms with Crippen molar-refractivity contribution in [1.29, 1.82) is 5.26 Å². The van der Waals surface area contributed by atoms with Crippen LogP contribution >= 0.6 is 0 Å². The molecule has 9 nitrogen and oxygen atoms in total. The van der Waals surface area contributed by atoms with Gasteiger partial charge in [0, 0.05) is 18.0 Å². The van der Waals surface area contributed by atoms with Gasteiger partial charge in [-0.2, -0.15) is 36.7 Å². The number of hydrogen-bond donors (Lipinski definition) is 2. The molecule has 1 aliphatic heterocycles. The van der Waals surface area contributed by atoms with Gasteiger partial charge in [0.15, 0.2) is 6.23 Å². The fourth-order valence-corrected chi connectivity index (χ4v) is 2.59. The Kier molecular flexibility index (Phi) is 5.31. The molecule has 3 rings (SSSR count). The second kappa shape index (κ2) is 7.46. The predicted molar refractivity (Wildman–Crippen MR) is 84.1 cm³/mol. The van der Waals surface area contributed by atoms with E-state index < -0.39 is 48.0 Å². The lowest BCUT2D eigenvalue weighted by Crippen LogP contribution is -2.36. The number of anilines is 1. The Bertz CT molecular complexity index is 985. The summed E-state index contributed by atoms with van der Waals surface area (Å²) < 4.78 is 75.4. The van der Waals surface area contributed by atoms with Crippen molar-refractivity contribution in [2.75, 3.05) is 5.01 Å². The van der Waals surface area contributed by atoms with Crippen LogP contribution in [0.1, 0.15) is 23.3 Å². The van der Waals surface area contributed by atoms with Crippen LogP contribution in [0.2, 0.25) is 0 Å². The van der Waals surface area contributed by atoms with Gasteiger partial charge in [0.2, 0.25) is 11.6 Å². The van der Waals surface area contributed by atoms with Crippen molar-refractivity contribution in [2.24, 2.45) is 11.0 Å². The molecule has 2 aromatic heterocycles. The fourth-order valence-electron chi connectivity index (χ4n) is 2.59. The summed E-state index contributed by atoms with van der Waals surface area (Å²) in [4.78, 5) is 12.4. The molecular weight excluding hydrogens is 424 g/mol. The Balaban J connectivity index is 1.86. The molecule has 0 aliphatic carbocycles. The van der Waals surface area contributed by atoms with Crippen LogP contribution in [0.4, 0.5) is 32.0 Å². The zero-order chi connectivity index (χ0) is 22.3. The van der Waals surface area contributed by atoms with Crippen LogP contribution in [0.15, 0.2) is 29.9 Å². The third kappa shape index (κ3) is 4.00. The van der Waals surface area contributed by atoms with Crippen LogP contribution in [0.25, 0.3) is 0 Å². The summed E-state index contributed by atoms with van der Waals surface area (Å²) in [6, 6.07) is 1.61.